The molecule has 0 spiro atoms. The molecule has 0 aromatic heterocycles. The molecule has 1 aliphatic rings. The van der Waals surface area contributed by atoms with Gasteiger partial charge < -0.3 is 9.64 Å². The minimum Gasteiger partial charge on any atom is -0.497 e. The zero-order chi connectivity index (χ0) is 13.4. The van der Waals surface area contributed by atoms with Crippen molar-refractivity contribution >= 4 is 11.6 Å². The minimum atomic E-state index is 0.149. The number of hydrogen-bond donors (Lipinski definition) is 0. The molecule has 1 heterocycles. The van der Waals surface area contributed by atoms with E-state index >= 15 is 0 Å². The summed E-state index contributed by atoms with van der Waals surface area (Å²) in [6, 6.07) is 14.0. The molecule has 0 unspecified atom stereocenters. The van der Waals surface area contributed by atoms with E-state index in [9.17, 15) is 4.79 Å². The Balaban J connectivity index is 2.09. The summed E-state index contributed by atoms with van der Waals surface area (Å²) in [4.78, 5) is 13.5. The maximum absolute atomic E-state index is 11.8. The summed E-state index contributed by atoms with van der Waals surface area (Å²) in [6.07, 6.45) is 0.480. The van der Waals surface area contributed by atoms with Gasteiger partial charge in [-0.2, -0.15) is 0 Å². The first kappa shape index (κ1) is 11.8. The van der Waals surface area contributed by atoms with Crippen LogP contribution in [0, 0.1) is 0 Å². The largest absolute Gasteiger partial charge is 0.497 e. The quantitative estimate of drug-likeness (QED) is 0.823. The number of rotatable bonds is 2. The Hall–Kier alpha value is -2.29. The maximum atomic E-state index is 11.8. The van der Waals surface area contributed by atoms with E-state index in [4.69, 9.17) is 4.74 Å². The second-order valence-electron chi connectivity index (χ2n) is 4.66. The fraction of sp³-hybridized carbons (Fsp3) is 0.188. The highest BCUT2D eigenvalue weighted by Gasteiger charge is 2.26. The van der Waals surface area contributed by atoms with Gasteiger partial charge in [0.2, 0.25) is 5.91 Å². The predicted molar refractivity (Wildman–Crippen MR) is 75.5 cm³/mol. The fourth-order valence-corrected chi connectivity index (χ4v) is 2.52. The van der Waals surface area contributed by atoms with Crippen molar-refractivity contribution in [3.8, 4) is 16.9 Å². The summed E-state index contributed by atoms with van der Waals surface area (Å²) in [5, 5.41) is 0. The molecule has 2 aromatic carbocycles. The van der Waals surface area contributed by atoms with E-state index in [0.717, 1.165) is 28.1 Å². The van der Waals surface area contributed by atoms with E-state index in [1.165, 1.54) is 0 Å². The van der Waals surface area contributed by atoms with Crippen molar-refractivity contribution in [3.05, 3.63) is 48.0 Å². The lowest BCUT2D eigenvalue weighted by atomic mass is 9.98. The van der Waals surface area contributed by atoms with Crippen LogP contribution >= 0.6 is 0 Å². The minimum absolute atomic E-state index is 0.149. The molecule has 96 valence electrons. The Morgan fingerprint density at radius 3 is 2.53 bits per heavy atom. The Kier molecular flexibility index (Phi) is 2.75. The summed E-state index contributed by atoms with van der Waals surface area (Å²) >= 11 is 0. The molecule has 0 atom stereocenters. The van der Waals surface area contributed by atoms with Gasteiger partial charge in [-0.25, -0.2) is 0 Å². The Labute approximate surface area is 112 Å². The van der Waals surface area contributed by atoms with Crippen molar-refractivity contribution in [2.45, 2.75) is 6.42 Å². The second kappa shape index (κ2) is 4.43. The lowest BCUT2D eigenvalue weighted by Gasteiger charge is -2.12. The molecule has 3 rings (SSSR count). The predicted octanol–water partition coefficient (Wildman–Crippen LogP) is 2.88. The summed E-state index contributed by atoms with van der Waals surface area (Å²) in [6.45, 7) is 0. The molecule has 0 fully saturated rings. The van der Waals surface area contributed by atoms with Crippen molar-refractivity contribution < 1.29 is 9.53 Å². The van der Waals surface area contributed by atoms with Crippen LogP contribution in [-0.2, 0) is 11.2 Å². The number of carbonyl (C=O) groups excluding carboxylic acids is 1. The van der Waals surface area contributed by atoms with Crippen molar-refractivity contribution in [2.24, 2.45) is 0 Å². The van der Waals surface area contributed by atoms with Gasteiger partial charge in [0.15, 0.2) is 0 Å². The molecule has 1 amide bonds. The standard InChI is InChI=1S/C16H15NO2/c1-17-15-5-3-4-13(14(15)10-16(17)18)11-6-8-12(19-2)9-7-11/h3-9H,10H2,1-2H3. The summed E-state index contributed by atoms with van der Waals surface area (Å²) < 4.78 is 5.17. The van der Waals surface area contributed by atoms with E-state index in [1.54, 1.807) is 12.0 Å². The van der Waals surface area contributed by atoms with Gasteiger partial charge >= 0.3 is 0 Å². The number of hydrogen-bond acceptors (Lipinski definition) is 2. The number of ether oxygens (including phenoxy) is 1. The van der Waals surface area contributed by atoms with Gasteiger partial charge in [0.05, 0.1) is 13.5 Å². The van der Waals surface area contributed by atoms with Crippen LogP contribution in [0.5, 0.6) is 5.75 Å². The molecule has 0 aliphatic carbocycles. The molecule has 0 saturated carbocycles. The van der Waals surface area contributed by atoms with Crippen molar-refractivity contribution in [3.63, 3.8) is 0 Å². The van der Waals surface area contributed by atoms with Gasteiger partial charge in [-0.15, -0.1) is 0 Å². The highest BCUT2D eigenvalue weighted by Crippen LogP contribution is 2.36. The van der Waals surface area contributed by atoms with Crippen molar-refractivity contribution in [1.82, 2.24) is 0 Å². The Bertz CT molecular complexity index is 632. The van der Waals surface area contributed by atoms with E-state index in [1.807, 2.05) is 43.4 Å². The number of likely N-dealkylation sites (N-methyl/N-ethyl adjacent to an activating group) is 1. The molecule has 3 nitrogen and oxygen atoms in total. The molecule has 19 heavy (non-hydrogen) atoms. The average molecular weight is 253 g/mol. The van der Waals surface area contributed by atoms with E-state index < -0.39 is 0 Å². The zero-order valence-electron chi connectivity index (χ0n) is 11.0. The number of benzene rings is 2. The Morgan fingerprint density at radius 2 is 1.84 bits per heavy atom. The molecule has 0 bridgehead atoms. The summed E-state index contributed by atoms with van der Waals surface area (Å²) in [7, 11) is 3.48. The van der Waals surface area contributed by atoms with Crippen LogP contribution in [0.1, 0.15) is 5.56 Å². The Morgan fingerprint density at radius 1 is 1.11 bits per heavy atom. The lowest BCUT2D eigenvalue weighted by molar-refractivity contribution is -0.117. The van der Waals surface area contributed by atoms with Crippen LogP contribution in [0.2, 0.25) is 0 Å². The number of amides is 1. The third-order valence-electron chi connectivity index (χ3n) is 3.62. The molecule has 1 aliphatic heterocycles. The molecule has 2 aromatic rings. The second-order valence-corrected chi connectivity index (χ2v) is 4.66. The SMILES string of the molecule is COc1ccc(-c2cccc3c2CC(=O)N3C)cc1. The molecule has 3 heteroatoms. The van der Waals surface area contributed by atoms with Crippen LogP contribution in [-0.4, -0.2) is 20.1 Å². The average Bonchev–Trinajstić information content (AvgIpc) is 2.75. The van der Waals surface area contributed by atoms with Gasteiger partial charge in [-0.05, 0) is 34.9 Å². The van der Waals surface area contributed by atoms with Gasteiger partial charge in [-0.3, -0.25) is 4.79 Å². The summed E-state index contributed by atoms with van der Waals surface area (Å²) in [5.74, 6) is 0.987. The number of methoxy groups -OCH3 is 1. The zero-order valence-corrected chi connectivity index (χ0v) is 11.0. The highest BCUT2D eigenvalue weighted by atomic mass is 16.5. The molecular formula is C16H15NO2. The molecular weight excluding hydrogens is 238 g/mol. The van der Waals surface area contributed by atoms with Gasteiger partial charge in [-0.1, -0.05) is 24.3 Å². The van der Waals surface area contributed by atoms with E-state index in [2.05, 4.69) is 6.07 Å². The number of anilines is 1. The first-order valence-electron chi connectivity index (χ1n) is 6.23. The van der Waals surface area contributed by atoms with Crippen LogP contribution in [0.4, 0.5) is 5.69 Å². The smallest absolute Gasteiger partial charge is 0.231 e. The van der Waals surface area contributed by atoms with E-state index in [-0.39, 0.29) is 5.91 Å². The van der Waals surface area contributed by atoms with Crippen LogP contribution in [0.3, 0.4) is 0 Å². The number of nitrogens with zero attached hydrogens (tertiary/aromatic N) is 1. The monoisotopic (exact) mass is 253 g/mol. The van der Waals surface area contributed by atoms with Crippen LogP contribution in [0.25, 0.3) is 11.1 Å². The van der Waals surface area contributed by atoms with Crippen LogP contribution in [0.15, 0.2) is 42.5 Å². The van der Waals surface area contributed by atoms with Crippen LogP contribution < -0.4 is 9.64 Å². The lowest BCUT2D eigenvalue weighted by Crippen LogP contribution is -2.20. The molecule has 0 radical (unpaired) electrons. The first-order valence-corrected chi connectivity index (χ1v) is 6.23. The van der Waals surface area contributed by atoms with Crippen molar-refractivity contribution in [2.75, 3.05) is 19.1 Å². The fourth-order valence-electron chi connectivity index (χ4n) is 2.52. The maximum Gasteiger partial charge on any atom is 0.231 e. The molecule has 0 saturated heterocycles. The molecule has 0 N–H and O–H groups in total. The third kappa shape index (κ3) is 1.87. The summed E-state index contributed by atoms with van der Waals surface area (Å²) in [5.41, 5.74) is 4.36. The number of fused-ring (bicyclic) bond motifs is 1. The first-order chi connectivity index (χ1) is 9.20. The number of carbonyl (C=O) groups is 1. The van der Waals surface area contributed by atoms with Crippen molar-refractivity contribution in [1.29, 1.82) is 0 Å². The third-order valence-corrected chi connectivity index (χ3v) is 3.62. The normalized spacial score (nSPS) is 13.6. The highest BCUT2D eigenvalue weighted by molar-refractivity contribution is 6.03. The van der Waals surface area contributed by atoms with Gasteiger partial charge in [0, 0.05) is 12.7 Å². The van der Waals surface area contributed by atoms with Gasteiger partial charge in [0.25, 0.3) is 0 Å². The topological polar surface area (TPSA) is 29.5 Å². The van der Waals surface area contributed by atoms with Gasteiger partial charge in [0.1, 0.15) is 5.75 Å². The van der Waals surface area contributed by atoms with E-state index in [0.29, 0.717) is 6.42 Å².